The van der Waals surface area contributed by atoms with Crippen LogP contribution in [0.5, 0.6) is 0 Å². The fourth-order valence-electron chi connectivity index (χ4n) is 2.37. The first-order valence-corrected chi connectivity index (χ1v) is 9.36. The summed E-state index contributed by atoms with van der Waals surface area (Å²) >= 11 is 2.40. The molecule has 3 amide bonds. The highest BCUT2D eigenvalue weighted by molar-refractivity contribution is 8.18. The summed E-state index contributed by atoms with van der Waals surface area (Å²) < 4.78 is 5.14. The van der Waals surface area contributed by atoms with Crippen LogP contribution in [0.1, 0.15) is 12.2 Å². The van der Waals surface area contributed by atoms with Crippen LogP contribution in [-0.2, 0) is 9.59 Å². The van der Waals surface area contributed by atoms with Crippen molar-refractivity contribution in [2.24, 2.45) is 0 Å². The standard InChI is InChI=1S/C15H16N2O5S2/c18-11-8-23-7-10(11)16-13(19)3-4-17-14(20)12(24-15(17)21)6-9-2-1-5-22-9/h1-2,5-6,10-11,18H,3-4,7-8H2,(H,16,19)/b12-6-/t10-,11+/m1/s1. The van der Waals surface area contributed by atoms with Gasteiger partial charge in [-0.05, 0) is 23.9 Å². The number of rotatable bonds is 5. The van der Waals surface area contributed by atoms with Crippen LogP contribution in [0.15, 0.2) is 27.7 Å². The molecule has 0 aliphatic carbocycles. The van der Waals surface area contributed by atoms with E-state index in [0.29, 0.717) is 17.3 Å². The molecule has 3 heterocycles. The van der Waals surface area contributed by atoms with Gasteiger partial charge in [-0.15, -0.1) is 0 Å². The fourth-order valence-corrected chi connectivity index (χ4v) is 4.38. The molecule has 1 aromatic heterocycles. The molecule has 2 aliphatic heterocycles. The van der Waals surface area contributed by atoms with E-state index in [-0.39, 0.29) is 29.8 Å². The van der Waals surface area contributed by atoms with Crippen LogP contribution in [0.3, 0.4) is 0 Å². The van der Waals surface area contributed by atoms with Gasteiger partial charge in [-0.2, -0.15) is 11.8 Å². The van der Waals surface area contributed by atoms with E-state index in [2.05, 4.69) is 5.32 Å². The molecular weight excluding hydrogens is 352 g/mol. The van der Waals surface area contributed by atoms with E-state index in [4.69, 9.17) is 4.42 Å². The van der Waals surface area contributed by atoms with E-state index in [9.17, 15) is 19.5 Å². The van der Waals surface area contributed by atoms with Crippen LogP contribution in [0.25, 0.3) is 6.08 Å². The van der Waals surface area contributed by atoms with Gasteiger partial charge in [0.1, 0.15) is 5.76 Å². The predicted octanol–water partition coefficient (Wildman–Crippen LogP) is 1.30. The predicted molar refractivity (Wildman–Crippen MR) is 91.3 cm³/mol. The Bertz CT molecular complexity index is 673. The summed E-state index contributed by atoms with van der Waals surface area (Å²) in [5.74, 6) is 1.05. The van der Waals surface area contributed by atoms with Gasteiger partial charge in [-0.3, -0.25) is 19.3 Å². The first-order chi connectivity index (χ1) is 11.5. The third-order valence-electron chi connectivity index (χ3n) is 3.65. The molecule has 0 spiro atoms. The lowest BCUT2D eigenvalue weighted by molar-refractivity contribution is -0.124. The number of amides is 3. The minimum Gasteiger partial charge on any atom is -0.465 e. The number of carbonyl (C=O) groups excluding carboxylic acids is 3. The number of imide groups is 1. The normalized spacial score (nSPS) is 25.7. The Hall–Kier alpha value is -1.71. The molecule has 2 fully saturated rings. The van der Waals surface area contributed by atoms with Crippen LogP contribution < -0.4 is 5.32 Å². The maximum Gasteiger partial charge on any atom is 0.293 e. The Labute approximate surface area is 146 Å². The highest BCUT2D eigenvalue weighted by Crippen LogP contribution is 2.32. The molecule has 0 radical (unpaired) electrons. The number of thioether (sulfide) groups is 2. The van der Waals surface area contributed by atoms with Crippen molar-refractivity contribution in [1.82, 2.24) is 10.2 Å². The van der Waals surface area contributed by atoms with Crippen molar-refractivity contribution in [3.05, 3.63) is 29.1 Å². The maximum atomic E-state index is 12.3. The van der Waals surface area contributed by atoms with Gasteiger partial charge in [0, 0.05) is 30.5 Å². The van der Waals surface area contributed by atoms with E-state index in [1.54, 1.807) is 23.9 Å². The smallest absolute Gasteiger partial charge is 0.293 e. The summed E-state index contributed by atoms with van der Waals surface area (Å²) in [6.45, 7) is 0.0158. The average Bonchev–Trinajstić information content (AvgIpc) is 3.24. The fraction of sp³-hybridized carbons (Fsp3) is 0.400. The molecular formula is C15H16N2O5S2. The molecule has 1 aromatic rings. The van der Waals surface area contributed by atoms with E-state index >= 15 is 0 Å². The molecule has 7 nitrogen and oxygen atoms in total. The summed E-state index contributed by atoms with van der Waals surface area (Å²) in [5.41, 5.74) is 0. The van der Waals surface area contributed by atoms with E-state index in [0.717, 1.165) is 16.7 Å². The van der Waals surface area contributed by atoms with Gasteiger partial charge >= 0.3 is 0 Å². The molecule has 2 atom stereocenters. The van der Waals surface area contributed by atoms with Gasteiger partial charge < -0.3 is 14.8 Å². The molecule has 0 saturated carbocycles. The second-order valence-corrected chi connectivity index (χ2v) is 7.45. The maximum absolute atomic E-state index is 12.3. The third kappa shape index (κ3) is 3.85. The third-order valence-corrected chi connectivity index (χ3v) is 5.73. The number of carbonyl (C=O) groups is 3. The number of aliphatic hydroxyl groups excluding tert-OH is 1. The quantitative estimate of drug-likeness (QED) is 0.756. The molecule has 0 aromatic carbocycles. The van der Waals surface area contributed by atoms with Crippen molar-refractivity contribution in [2.45, 2.75) is 18.6 Å². The van der Waals surface area contributed by atoms with Gasteiger partial charge in [0.05, 0.1) is 23.3 Å². The summed E-state index contributed by atoms with van der Waals surface area (Å²) in [7, 11) is 0. The number of nitrogens with zero attached hydrogens (tertiary/aromatic N) is 1. The van der Waals surface area contributed by atoms with Crippen molar-refractivity contribution >= 4 is 46.7 Å². The first kappa shape index (κ1) is 17.1. The van der Waals surface area contributed by atoms with Crippen molar-refractivity contribution in [3.8, 4) is 0 Å². The molecule has 9 heteroatoms. The monoisotopic (exact) mass is 368 g/mol. The Kier molecular flexibility index (Phi) is 5.32. The Morgan fingerprint density at radius 2 is 2.29 bits per heavy atom. The second-order valence-electron chi connectivity index (χ2n) is 5.38. The first-order valence-electron chi connectivity index (χ1n) is 7.38. The molecule has 128 valence electrons. The van der Waals surface area contributed by atoms with Crippen LogP contribution in [0.4, 0.5) is 4.79 Å². The molecule has 2 N–H and O–H groups in total. The van der Waals surface area contributed by atoms with Crippen LogP contribution >= 0.6 is 23.5 Å². The Balaban J connectivity index is 1.54. The van der Waals surface area contributed by atoms with Gasteiger partial charge in [0.25, 0.3) is 11.1 Å². The molecule has 0 unspecified atom stereocenters. The van der Waals surface area contributed by atoms with Gasteiger partial charge in [0.15, 0.2) is 0 Å². The molecule has 0 bridgehead atoms. The van der Waals surface area contributed by atoms with Crippen molar-refractivity contribution < 1.29 is 23.9 Å². The van der Waals surface area contributed by atoms with Crippen LogP contribution in [-0.4, -0.2) is 57.3 Å². The zero-order valence-electron chi connectivity index (χ0n) is 12.6. The molecule has 24 heavy (non-hydrogen) atoms. The summed E-state index contributed by atoms with van der Waals surface area (Å²) in [6.07, 6.45) is 2.46. The van der Waals surface area contributed by atoms with Crippen molar-refractivity contribution in [1.29, 1.82) is 0 Å². The van der Waals surface area contributed by atoms with E-state index < -0.39 is 17.3 Å². The van der Waals surface area contributed by atoms with Gasteiger partial charge in [-0.25, -0.2) is 0 Å². The topological polar surface area (TPSA) is 99.9 Å². The molecule has 2 aliphatic rings. The lowest BCUT2D eigenvalue weighted by Crippen LogP contribution is -2.43. The highest BCUT2D eigenvalue weighted by Gasteiger charge is 2.35. The lowest BCUT2D eigenvalue weighted by Gasteiger charge is -2.17. The number of aliphatic hydroxyl groups is 1. The van der Waals surface area contributed by atoms with Crippen LogP contribution in [0, 0.1) is 0 Å². The SMILES string of the molecule is O=C(CCN1C(=O)S/C(=C\c2ccco2)C1=O)N[C@@H]1CSC[C@@H]1O. The highest BCUT2D eigenvalue weighted by atomic mass is 32.2. The molecule has 3 rings (SSSR count). The van der Waals surface area contributed by atoms with E-state index in [1.165, 1.54) is 12.3 Å². The summed E-state index contributed by atoms with van der Waals surface area (Å²) in [4.78, 5) is 37.5. The second kappa shape index (κ2) is 7.45. The summed E-state index contributed by atoms with van der Waals surface area (Å²) in [6, 6.07) is 3.11. The minimum atomic E-state index is -0.549. The summed E-state index contributed by atoms with van der Waals surface area (Å²) in [5, 5.41) is 12.0. The Morgan fingerprint density at radius 3 is 2.96 bits per heavy atom. The number of nitrogens with one attached hydrogen (secondary N) is 1. The Morgan fingerprint density at radius 1 is 1.46 bits per heavy atom. The van der Waals surface area contributed by atoms with Crippen molar-refractivity contribution in [2.75, 3.05) is 18.1 Å². The van der Waals surface area contributed by atoms with Gasteiger partial charge in [-0.1, -0.05) is 0 Å². The number of hydrogen-bond donors (Lipinski definition) is 2. The number of furan rings is 1. The van der Waals surface area contributed by atoms with E-state index in [1.807, 2.05) is 0 Å². The number of hydrogen-bond acceptors (Lipinski definition) is 7. The zero-order valence-corrected chi connectivity index (χ0v) is 14.3. The van der Waals surface area contributed by atoms with Crippen molar-refractivity contribution in [3.63, 3.8) is 0 Å². The van der Waals surface area contributed by atoms with Gasteiger partial charge in [0.2, 0.25) is 5.91 Å². The minimum absolute atomic E-state index is 0.0138. The van der Waals surface area contributed by atoms with Crippen LogP contribution in [0.2, 0.25) is 0 Å². The molecule has 2 saturated heterocycles. The lowest BCUT2D eigenvalue weighted by atomic mass is 10.2. The largest absolute Gasteiger partial charge is 0.465 e. The zero-order chi connectivity index (χ0) is 17.1. The average molecular weight is 368 g/mol.